The van der Waals surface area contributed by atoms with Crippen LogP contribution in [0, 0.1) is 0 Å². The Labute approximate surface area is 111 Å². The van der Waals surface area contributed by atoms with Crippen LogP contribution in [0.25, 0.3) is 6.08 Å². The van der Waals surface area contributed by atoms with Gasteiger partial charge < -0.3 is 5.11 Å². The third kappa shape index (κ3) is 2.37. The number of aliphatic hydroxyl groups is 1. The SMILES string of the molecule is CC1(C)CCC(C)(C)c2cc(C=CCO)ccc21. The van der Waals surface area contributed by atoms with Gasteiger partial charge in [-0.25, -0.2) is 0 Å². The first kappa shape index (κ1) is 13.4. The average Bonchev–Trinajstić information content (AvgIpc) is 2.32. The van der Waals surface area contributed by atoms with Gasteiger partial charge in [-0.15, -0.1) is 0 Å². The van der Waals surface area contributed by atoms with Crippen LogP contribution in [0.5, 0.6) is 0 Å². The molecule has 1 heteroatoms. The molecule has 98 valence electrons. The highest BCUT2D eigenvalue weighted by Gasteiger charge is 2.36. The molecule has 18 heavy (non-hydrogen) atoms. The number of benzene rings is 1. The monoisotopic (exact) mass is 244 g/mol. The van der Waals surface area contributed by atoms with E-state index in [0.717, 1.165) is 0 Å². The predicted molar refractivity (Wildman–Crippen MR) is 77.8 cm³/mol. The molecule has 1 N–H and O–H groups in total. The molecule has 0 aromatic heterocycles. The van der Waals surface area contributed by atoms with E-state index < -0.39 is 0 Å². The Balaban J connectivity index is 2.51. The summed E-state index contributed by atoms with van der Waals surface area (Å²) in [5.41, 5.74) is 4.69. The molecule has 0 spiro atoms. The van der Waals surface area contributed by atoms with Crippen LogP contribution < -0.4 is 0 Å². The molecular weight excluding hydrogens is 220 g/mol. The number of rotatable bonds is 2. The van der Waals surface area contributed by atoms with Crippen molar-refractivity contribution in [1.29, 1.82) is 0 Å². The summed E-state index contributed by atoms with van der Waals surface area (Å²) in [5, 5.41) is 8.86. The highest BCUT2D eigenvalue weighted by Crippen LogP contribution is 2.45. The molecule has 0 unspecified atom stereocenters. The molecule has 1 nitrogen and oxygen atoms in total. The first-order valence-electron chi connectivity index (χ1n) is 6.79. The van der Waals surface area contributed by atoms with Crippen LogP contribution in [0.1, 0.15) is 57.2 Å². The second-order valence-corrected chi connectivity index (χ2v) is 6.66. The van der Waals surface area contributed by atoms with Crippen molar-refractivity contribution in [3.8, 4) is 0 Å². The lowest BCUT2D eigenvalue weighted by molar-refractivity contribution is 0.332. The van der Waals surface area contributed by atoms with Gasteiger partial charge in [0, 0.05) is 0 Å². The summed E-state index contributed by atoms with van der Waals surface area (Å²) in [7, 11) is 0. The molecule has 1 aliphatic rings. The summed E-state index contributed by atoms with van der Waals surface area (Å²) in [6.45, 7) is 9.45. The van der Waals surface area contributed by atoms with Crippen LogP contribution in [-0.2, 0) is 10.8 Å². The molecule has 0 radical (unpaired) electrons. The normalized spacial score (nSPS) is 20.9. The largest absolute Gasteiger partial charge is 0.392 e. The first-order valence-corrected chi connectivity index (χ1v) is 6.79. The van der Waals surface area contributed by atoms with Crippen molar-refractivity contribution >= 4 is 6.08 Å². The third-order valence-electron chi connectivity index (χ3n) is 4.29. The lowest BCUT2D eigenvalue weighted by atomic mass is 9.63. The Hall–Kier alpha value is -1.08. The van der Waals surface area contributed by atoms with Gasteiger partial charge in [0.15, 0.2) is 0 Å². The molecule has 1 aromatic carbocycles. The summed E-state index contributed by atoms with van der Waals surface area (Å²) in [6.07, 6.45) is 6.28. The highest BCUT2D eigenvalue weighted by molar-refractivity contribution is 5.55. The fourth-order valence-corrected chi connectivity index (χ4v) is 2.90. The van der Waals surface area contributed by atoms with E-state index in [0.29, 0.717) is 0 Å². The molecule has 1 aromatic rings. The Morgan fingerprint density at radius 2 is 1.67 bits per heavy atom. The molecule has 0 heterocycles. The topological polar surface area (TPSA) is 20.2 Å². The van der Waals surface area contributed by atoms with Crippen molar-refractivity contribution in [2.75, 3.05) is 6.61 Å². The maximum Gasteiger partial charge on any atom is 0.0615 e. The number of hydrogen-bond donors (Lipinski definition) is 1. The summed E-state index contributed by atoms with van der Waals surface area (Å²) in [5.74, 6) is 0. The second kappa shape index (κ2) is 4.55. The van der Waals surface area contributed by atoms with Crippen LogP contribution >= 0.6 is 0 Å². The zero-order chi connectivity index (χ0) is 13.4. The van der Waals surface area contributed by atoms with Crippen molar-refractivity contribution in [1.82, 2.24) is 0 Å². The Morgan fingerprint density at radius 1 is 1.06 bits per heavy atom. The van der Waals surface area contributed by atoms with Gasteiger partial charge in [0.25, 0.3) is 0 Å². The number of aliphatic hydroxyl groups excluding tert-OH is 1. The first-order chi connectivity index (χ1) is 8.37. The zero-order valence-corrected chi connectivity index (χ0v) is 12.0. The van der Waals surface area contributed by atoms with Gasteiger partial charge in [-0.3, -0.25) is 0 Å². The molecular formula is C17H24O. The van der Waals surface area contributed by atoms with Gasteiger partial charge in [-0.1, -0.05) is 58.0 Å². The molecule has 0 saturated heterocycles. The predicted octanol–water partition coefficient (Wildman–Crippen LogP) is 4.04. The smallest absolute Gasteiger partial charge is 0.0615 e. The van der Waals surface area contributed by atoms with E-state index in [9.17, 15) is 0 Å². The van der Waals surface area contributed by atoms with Crippen LogP contribution in [0.15, 0.2) is 24.3 Å². The molecule has 2 rings (SSSR count). The minimum absolute atomic E-state index is 0.103. The van der Waals surface area contributed by atoms with Crippen molar-refractivity contribution in [3.63, 3.8) is 0 Å². The van der Waals surface area contributed by atoms with Gasteiger partial charge in [0.1, 0.15) is 0 Å². The van der Waals surface area contributed by atoms with Crippen LogP contribution in [-0.4, -0.2) is 11.7 Å². The lowest BCUT2D eigenvalue weighted by Gasteiger charge is -2.42. The minimum atomic E-state index is 0.103. The van der Waals surface area contributed by atoms with Gasteiger partial charge in [-0.2, -0.15) is 0 Å². The van der Waals surface area contributed by atoms with Crippen LogP contribution in [0.2, 0.25) is 0 Å². The van der Waals surface area contributed by atoms with E-state index in [2.05, 4.69) is 45.9 Å². The van der Waals surface area contributed by atoms with E-state index in [1.165, 1.54) is 29.5 Å². The van der Waals surface area contributed by atoms with Crippen molar-refractivity contribution in [3.05, 3.63) is 41.0 Å². The van der Waals surface area contributed by atoms with Crippen LogP contribution in [0.3, 0.4) is 0 Å². The fourth-order valence-electron chi connectivity index (χ4n) is 2.90. The van der Waals surface area contributed by atoms with Gasteiger partial charge in [-0.05, 0) is 40.4 Å². The maximum atomic E-state index is 8.86. The maximum absolute atomic E-state index is 8.86. The molecule has 0 aliphatic heterocycles. The second-order valence-electron chi connectivity index (χ2n) is 6.66. The quantitative estimate of drug-likeness (QED) is 0.832. The number of hydrogen-bond acceptors (Lipinski definition) is 1. The molecule has 0 saturated carbocycles. The molecule has 1 aliphatic carbocycles. The molecule has 0 bridgehead atoms. The molecule has 0 atom stereocenters. The highest BCUT2D eigenvalue weighted by atomic mass is 16.2. The zero-order valence-electron chi connectivity index (χ0n) is 12.0. The Bertz CT molecular complexity index is 466. The summed E-state index contributed by atoms with van der Waals surface area (Å²) < 4.78 is 0. The van der Waals surface area contributed by atoms with Crippen LogP contribution in [0.4, 0.5) is 0 Å². The van der Waals surface area contributed by atoms with E-state index in [-0.39, 0.29) is 17.4 Å². The molecule has 0 fully saturated rings. The van der Waals surface area contributed by atoms with E-state index in [1.54, 1.807) is 6.08 Å². The number of fused-ring (bicyclic) bond motifs is 1. The Morgan fingerprint density at radius 3 is 2.28 bits per heavy atom. The summed E-state index contributed by atoms with van der Waals surface area (Å²) in [4.78, 5) is 0. The fraction of sp³-hybridized carbons (Fsp3) is 0.529. The van der Waals surface area contributed by atoms with E-state index >= 15 is 0 Å². The summed E-state index contributed by atoms with van der Waals surface area (Å²) in [6, 6.07) is 6.73. The Kier molecular flexibility index (Phi) is 3.37. The van der Waals surface area contributed by atoms with Crippen molar-refractivity contribution in [2.45, 2.75) is 51.4 Å². The lowest BCUT2D eigenvalue weighted by Crippen LogP contribution is -2.33. The van der Waals surface area contributed by atoms with E-state index in [1.807, 2.05) is 6.08 Å². The van der Waals surface area contributed by atoms with Gasteiger partial charge in [0.05, 0.1) is 6.61 Å². The standard InChI is InChI=1S/C17H24O/c1-16(2)9-10-17(3,4)15-12-13(6-5-11-18)7-8-14(15)16/h5-8,12,18H,9-11H2,1-4H3. The van der Waals surface area contributed by atoms with Crippen molar-refractivity contribution < 1.29 is 5.11 Å². The molecule has 0 amide bonds. The van der Waals surface area contributed by atoms with Crippen molar-refractivity contribution in [2.24, 2.45) is 0 Å². The van der Waals surface area contributed by atoms with Gasteiger partial charge in [0.2, 0.25) is 0 Å². The van der Waals surface area contributed by atoms with Gasteiger partial charge >= 0.3 is 0 Å². The van der Waals surface area contributed by atoms with E-state index in [4.69, 9.17) is 5.11 Å². The average molecular weight is 244 g/mol. The third-order valence-corrected chi connectivity index (χ3v) is 4.29. The minimum Gasteiger partial charge on any atom is -0.392 e. The summed E-state index contributed by atoms with van der Waals surface area (Å²) >= 11 is 0.